The minimum Gasteiger partial charge on any atom is -0.465 e. The van der Waals surface area contributed by atoms with Crippen LogP contribution in [0.2, 0.25) is 0 Å². The van der Waals surface area contributed by atoms with Gasteiger partial charge in [0.15, 0.2) is 5.16 Å². The summed E-state index contributed by atoms with van der Waals surface area (Å²) in [6.07, 6.45) is 1.59. The third kappa shape index (κ3) is 5.84. The van der Waals surface area contributed by atoms with Gasteiger partial charge in [-0.25, -0.2) is 9.59 Å². The van der Waals surface area contributed by atoms with Crippen molar-refractivity contribution in [1.29, 1.82) is 0 Å². The Hall–Kier alpha value is -3.18. The topological polar surface area (TPSA) is 112 Å². The van der Waals surface area contributed by atoms with Crippen molar-refractivity contribution in [1.82, 2.24) is 14.8 Å². The monoisotopic (exact) mass is 502 g/mol. The molecule has 3 rings (SSSR count). The highest BCUT2D eigenvalue weighted by Gasteiger charge is 2.27. The molecule has 0 spiro atoms. The van der Waals surface area contributed by atoms with Crippen LogP contribution in [0.5, 0.6) is 0 Å². The molecule has 3 aromatic rings. The molecule has 0 fully saturated rings. The molecule has 0 aliphatic carbocycles. The lowest BCUT2D eigenvalue weighted by Crippen LogP contribution is -2.16. The number of carbonyl (C=O) groups is 3. The number of rotatable bonds is 10. The number of benzene rings is 1. The van der Waals surface area contributed by atoms with Crippen molar-refractivity contribution in [2.24, 2.45) is 0 Å². The Morgan fingerprint density at radius 3 is 2.41 bits per heavy atom. The minimum absolute atomic E-state index is 0.0575. The maximum Gasteiger partial charge on any atom is 0.348 e. The Bertz CT molecular complexity index is 1170. The van der Waals surface area contributed by atoms with Crippen LogP contribution in [-0.4, -0.2) is 52.6 Å². The quantitative estimate of drug-likeness (QED) is 0.329. The van der Waals surface area contributed by atoms with Crippen LogP contribution in [0.3, 0.4) is 0 Å². The SMILES string of the molecule is CCn1c(CCc2ccccc2)nnc1SCC(=O)Nc1sc(C(=O)OC)c(C)c1C(=O)OC. The number of aryl methyl sites for hydroxylation is 2. The summed E-state index contributed by atoms with van der Waals surface area (Å²) in [5, 5.41) is 12.2. The summed E-state index contributed by atoms with van der Waals surface area (Å²) < 4.78 is 11.6. The molecule has 1 amide bonds. The zero-order chi connectivity index (χ0) is 24.7. The van der Waals surface area contributed by atoms with Gasteiger partial charge in [0.25, 0.3) is 0 Å². The van der Waals surface area contributed by atoms with Gasteiger partial charge in [-0.05, 0) is 31.4 Å². The molecular formula is C23H26N4O5S2. The highest BCUT2D eigenvalue weighted by molar-refractivity contribution is 7.99. The van der Waals surface area contributed by atoms with E-state index in [0.717, 1.165) is 30.0 Å². The van der Waals surface area contributed by atoms with E-state index in [9.17, 15) is 14.4 Å². The zero-order valence-corrected chi connectivity index (χ0v) is 21.0. The molecule has 34 heavy (non-hydrogen) atoms. The first kappa shape index (κ1) is 25.4. The van der Waals surface area contributed by atoms with E-state index >= 15 is 0 Å². The molecular weight excluding hydrogens is 476 g/mol. The van der Waals surface area contributed by atoms with E-state index in [1.807, 2.05) is 29.7 Å². The molecule has 1 N–H and O–H groups in total. The van der Waals surface area contributed by atoms with Gasteiger partial charge in [0, 0.05) is 13.0 Å². The van der Waals surface area contributed by atoms with Crippen LogP contribution in [0.4, 0.5) is 5.00 Å². The number of methoxy groups -OCH3 is 2. The van der Waals surface area contributed by atoms with Gasteiger partial charge in [-0.1, -0.05) is 42.1 Å². The largest absolute Gasteiger partial charge is 0.465 e. The number of nitrogens with zero attached hydrogens (tertiary/aromatic N) is 3. The Morgan fingerprint density at radius 2 is 1.76 bits per heavy atom. The molecule has 0 unspecified atom stereocenters. The number of esters is 2. The number of ether oxygens (including phenoxy) is 2. The zero-order valence-electron chi connectivity index (χ0n) is 19.4. The summed E-state index contributed by atoms with van der Waals surface area (Å²) in [4.78, 5) is 37.2. The lowest BCUT2D eigenvalue weighted by atomic mass is 10.1. The number of thioether (sulfide) groups is 1. The van der Waals surface area contributed by atoms with E-state index in [-0.39, 0.29) is 27.1 Å². The molecule has 0 saturated heterocycles. The Balaban J connectivity index is 1.68. The molecule has 0 aliphatic heterocycles. The maximum atomic E-state index is 12.7. The van der Waals surface area contributed by atoms with Crippen LogP contribution < -0.4 is 5.32 Å². The van der Waals surface area contributed by atoms with Crippen LogP contribution in [0.1, 0.15) is 43.9 Å². The van der Waals surface area contributed by atoms with E-state index in [2.05, 4.69) is 27.6 Å². The van der Waals surface area contributed by atoms with Crippen LogP contribution in [-0.2, 0) is 33.7 Å². The smallest absolute Gasteiger partial charge is 0.348 e. The second kappa shape index (κ2) is 11.8. The Labute approximate surface area is 205 Å². The molecule has 0 radical (unpaired) electrons. The molecule has 0 aliphatic rings. The summed E-state index contributed by atoms with van der Waals surface area (Å²) in [5.74, 6) is -0.646. The van der Waals surface area contributed by atoms with Crippen molar-refractivity contribution >= 4 is 45.9 Å². The van der Waals surface area contributed by atoms with Gasteiger partial charge in [0.2, 0.25) is 5.91 Å². The van der Waals surface area contributed by atoms with E-state index in [4.69, 9.17) is 9.47 Å². The van der Waals surface area contributed by atoms with Gasteiger partial charge >= 0.3 is 11.9 Å². The van der Waals surface area contributed by atoms with Gasteiger partial charge in [0.1, 0.15) is 15.7 Å². The second-order valence-corrected chi connectivity index (χ2v) is 9.17. The molecule has 2 aromatic heterocycles. The first-order valence-corrected chi connectivity index (χ1v) is 12.4. The van der Waals surface area contributed by atoms with Gasteiger partial charge in [-0.2, -0.15) is 0 Å². The second-order valence-electron chi connectivity index (χ2n) is 7.21. The van der Waals surface area contributed by atoms with Crippen molar-refractivity contribution < 1.29 is 23.9 Å². The number of thiophene rings is 1. The third-order valence-corrected chi connectivity index (χ3v) is 7.24. The Kier molecular flexibility index (Phi) is 8.83. The van der Waals surface area contributed by atoms with Crippen molar-refractivity contribution in [2.45, 2.75) is 38.4 Å². The number of carbonyl (C=O) groups excluding carboxylic acids is 3. The maximum absolute atomic E-state index is 12.7. The summed E-state index contributed by atoms with van der Waals surface area (Å²) in [7, 11) is 2.50. The lowest BCUT2D eigenvalue weighted by Gasteiger charge is -2.08. The van der Waals surface area contributed by atoms with E-state index < -0.39 is 11.9 Å². The predicted octanol–water partition coefficient (Wildman–Crippen LogP) is 3.76. The van der Waals surface area contributed by atoms with Crippen LogP contribution in [0.25, 0.3) is 0 Å². The average molecular weight is 503 g/mol. The third-order valence-electron chi connectivity index (χ3n) is 5.08. The van der Waals surface area contributed by atoms with Crippen molar-refractivity contribution in [3.8, 4) is 0 Å². The average Bonchev–Trinajstić information content (AvgIpc) is 3.40. The highest BCUT2D eigenvalue weighted by atomic mass is 32.2. The van der Waals surface area contributed by atoms with Gasteiger partial charge in [-0.3, -0.25) is 4.79 Å². The number of anilines is 1. The van der Waals surface area contributed by atoms with E-state index in [1.165, 1.54) is 31.5 Å². The molecule has 0 saturated carbocycles. The van der Waals surface area contributed by atoms with Crippen molar-refractivity contribution in [2.75, 3.05) is 25.3 Å². The molecule has 2 heterocycles. The standard InChI is InChI=1S/C23H26N4O5S2/c1-5-27-16(12-11-15-9-7-6-8-10-15)25-26-23(27)33-13-17(28)24-20-18(21(29)31-3)14(2)19(34-20)22(30)32-4/h6-10H,5,11-13H2,1-4H3,(H,24,28). The first-order chi connectivity index (χ1) is 16.4. The van der Waals surface area contributed by atoms with Crippen LogP contribution in [0.15, 0.2) is 35.5 Å². The fraction of sp³-hybridized carbons (Fsp3) is 0.348. The molecule has 1 aromatic carbocycles. The fourth-order valence-corrected chi connectivity index (χ4v) is 5.31. The predicted molar refractivity (Wildman–Crippen MR) is 131 cm³/mol. The molecule has 180 valence electrons. The minimum atomic E-state index is -0.638. The normalized spacial score (nSPS) is 10.7. The first-order valence-electron chi connectivity index (χ1n) is 10.6. The number of hydrogen-bond donors (Lipinski definition) is 1. The summed E-state index contributed by atoms with van der Waals surface area (Å²) >= 11 is 2.24. The highest BCUT2D eigenvalue weighted by Crippen LogP contribution is 2.34. The summed E-state index contributed by atoms with van der Waals surface area (Å²) in [6, 6.07) is 10.2. The number of nitrogens with one attached hydrogen (secondary N) is 1. The number of aromatic nitrogens is 3. The van der Waals surface area contributed by atoms with Gasteiger partial charge < -0.3 is 19.4 Å². The Morgan fingerprint density at radius 1 is 1.06 bits per heavy atom. The van der Waals surface area contributed by atoms with Gasteiger partial charge in [-0.15, -0.1) is 21.5 Å². The van der Waals surface area contributed by atoms with Crippen LogP contribution in [0, 0.1) is 6.92 Å². The summed E-state index contributed by atoms with van der Waals surface area (Å²) in [5.41, 5.74) is 1.77. The molecule has 0 bridgehead atoms. The van der Waals surface area contributed by atoms with Crippen LogP contribution >= 0.6 is 23.1 Å². The number of hydrogen-bond acceptors (Lipinski definition) is 9. The molecule has 0 atom stereocenters. The van der Waals surface area contributed by atoms with Crippen molar-refractivity contribution in [3.63, 3.8) is 0 Å². The van der Waals surface area contributed by atoms with Crippen molar-refractivity contribution in [3.05, 3.63) is 57.7 Å². The summed E-state index contributed by atoms with van der Waals surface area (Å²) in [6.45, 7) is 4.30. The molecule has 9 nitrogen and oxygen atoms in total. The molecule has 11 heteroatoms. The van der Waals surface area contributed by atoms with Gasteiger partial charge in [0.05, 0.1) is 25.5 Å². The number of amides is 1. The fourth-order valence-electron chi connectivity index (χ4n) is 3.36. The lowest BCUT2D eigenvalue weighted by molar-refractivity contribution is -0.113. The van der Waals surface area contributed by atoms with E-state index in [1.54, 1.807) is 6.92 Å². The van der Waals surface area contributed by atoms with E-state index in [0.29, 0.717) is 17.3 Å².